The Balaban J connectivity index is 1.42. The van der Waals surface area contributed by atoms with Gasteiger partial charge in [-0.25, -0.2) is 9.48 Å². The predicted octanol–water partition coefficient (Wildman–Crippen LogP) is 3.07. The van der Waals surface area contributed by atoms with Crippen LogP contribution in [0.1, 0.15) is 49.9 Å². The van der Waals surface area contributed by atoms with Crippen LogP contribution in [0.5, 0.6) is 0 Å². The van der Waals surface area contributed by atoms with Gasteiger partial charge in [-0.1, -0.05) is 31.4 Å². The number of rotatable bonds is 5. The molecule has 2 aliphatic rings. The number of aromatic nitrogens is 2. The summed E-state index contributed by atoms with van der Waals surface area (Å²) in [6, 6.07) is 9.01. The Morgan fingerprint density at radius 3 is 2.60 bits per heavy atom. The number of hydrogen-bond acceptors (Lipinski definition) is 4. The highest BCUT2D eigenvalue weighted by Gasteiger charge is 2.51. The first kappa shape index (κ1) is 20.1. The number of carbonyl (C=O) groups is 3. The van der Waals surface area contributed by atoms with Crippen LogP contribution in [0.25, 0.3) is 5.69 Å². The average molecular weight is 409 g/mol. The molecule has 2 heterocycles. The van der Waals surface area contributed by atoms with Crippen LogP contribution in [0.3, 0.4) is 0 Å². The van der Waals surface area contributed by atoms with Crippen LogP contribution in [0.15, 0.2) is 30.3 Å². The van der Waals surface area contributed by atoms with E-state index in [9.17, 15) is 14.4 Å². The number of hydrogen-bond donors (Lipinski definition) is 2. The smallest absolute Gasteiger partial charge is 0.324 e. The lowest BCUT2D eigenvalue weighted by atomic mass is 9.82. The maximum Gasteiger partial charge on any atom is 0.325 e. The molecule has 4 amide bonds. The average Bonchev–Trinajstić information content (AvgIpc) is 3.17. The van der Waals surface area contributed by atoms with Crippen LogP contribution in [-0.4, -0.2) is 44.6 Å². The first-order valence-electron chi connectivity index (χ1n) is 10.5. The summed E-state index contributed by atoms with van der Waals surface area (Å²) in [5.41, 5.74) is 2.51. The third kappa shape index (κ3) is 3.69. The molecular weight excluding hydrogens is 382 g/mol. The molecule has 1 spiro atoms. The number of urea groups is 1. The van der Waals surface area contributed by atoms with Crippen molar-refractivity contribution < 1.29 is 14.4 Å². The SMILES string of the molecule is Cc1cc(C)n(-c2ccccc2NC(=O)CCN2C(=O)NC3(CCCCC3)C2=O)n1. The summed E-state index contributed by atoms with van der Waals surface area (Å²) in [5, 5.41) is 10.3. The van der Waals surface area contributed by atoms with Gasteiger partial charge in [0.1, 0.15) is 5.54 Å². The molecule has 2 fully saturated rings. The van der Waals surface area contributed by atoms with Gasteiger partial charge >= 0.3 is 6.03 Å². The third-order valence-electron chi connectivity index (χ3n) is 5.93. The van der Waals surface area contributed by atoms with Gasteiger partial charge in [0.15, 0.2) is 0 Å². The van der Waals surface area contributed by atoms with Gasteiger partial charge in [0.25, 0.3) is 5.91 Å². The second kappa shape index (κ2) is 7.93. The van der Waals surface area contributed by atoms with E-state index in [4.69, 9.17) is 0 Å². The summed E-state index contributed by atoms with van der Waals surface area (Å²) < 4.78 is 1.79. The number of carbonyl (C=O) groups excluding carboxylic acids is 3. The van der Waals surface area contributed by atoms with Gasteiger partial charge in [-0.05, 0) is 44.9 Å². The van der Waals surface area contributed by atoms with E-state index in [0.717, 1.165) is 36.3 Å². The Labute approximate surface area is 175 Å². The van der Waals surface area contributed by atoms with E-state index in [0.29, 0.717) is 18.5 Å². The van der Waals surface area contributed by atoms with Crippen molar-refractivity contribution in [1.82, 2.24) is 20.0 Å². The number of benzene rings is 1. The fraction of sp³-hybridized carbons (Fsp3) is 0.455. The van der Waals surface area contributed by atoms with Crippen molar-refractivity contribution in [1.29, 1.82) is 0 Å². The Kier molecular flexibility index (Phi) is 5.32. The van der Waals surface area contributed by atoms with E-state index in [1.807, 2.05) is 44.2 Å². The molecule has 0 unspecified atom stereocenters. The van der Waals surface area contributed by atoms with E-state index < -0.39 is 11.6 Å². The molecular formula is C22H27N5O3. The van der Waals surface area contributed by atoms with Crippen molar-refractivity contribution in [2.75, 3.05) is 11.9 Å². The minimum Gasteiger partial charge on any atom is -0.324 e. The molecule has 2 aromatic rings. The Morgan fingerprint density at radius 2 is 1.90 bits per heavy atom. The summed E-state index contributed by atoms with van der Waals surface area (Å²) in [5.74, 6) is -0.447. The van der Waals surface area contributed by atoms with Crippen molar-refractivity contribution in [2.24, 2.45) is 0 Å². The predicted molar refractivity (Wildman–Crippen MR) is 112 cm³/mol. The Morgan fingerprint density at radius 1 is 1.17 bits per heavy atom. The van der Waals surface area contributed by atoms with E-state index in [2.05, 4.69) is 15.7 Å². The minimum absolute atomic E-state index is 0.0424. The molecule has 2 N–H and O–H groups in total. The first-order valence-corrected chi connectivity index (χ1v) is 10.5. The summed E-state index contributed by atoms with van der Waals surface area (Å²) >= 11 is 0. The van der Waals surface area contributed by atoms with Crippen LogP contribution >= 0.6 is 0 Å². The Bertz CT molecular complexity index is 990. The highest BCUT2D eigenvalue weighted by Crippen LogP contribution is 2.33. The van der Waals surface area contributed by atoms with Crippen LogP contribution in [0.2, 0.25) is 0 Å². The lowest BCUT2D eigenvalue weighted by Gasteiger charge is -2.30. The number of para-hydroxylation sites is 2. The fourth-order valence-corrected chi connectivity index (χ4v) is 4.44. The molecule has 1 saturated carbocycles. The summed E-state index contributed by atoms with van der Waals surface area (Å²) in [6.07, 6.45) is 4.35. The van der Waals surface area contributed by atoms with E-state index in [-0.39, 0.29) is 24.8 Å². The van der Waals surface area contributed by atoms with Crippen molar-refractivity contribution in [3.05, 3.63) is 41.7 Å². The van der Waals surface area contributed by atoms with E-state index in [1.165, 1.54) is 4.90 Å². The second-order valence-electron chi connectivity index (χ2n) is 8.18. The summed E-state index contributed by atoms with van der Waals surface area (Å²) in [6.45, 7) is 3.94. The van der Waals surface area contributed by atoms with Gasteiger partial charge in [0.05, 0.1) is 17.1 Å². The molecule has 1 saturated heterocycles. The quantitative estimate of drug-likeness (QED) is 0.742. The monoisotopic (exact) mass is 409 g/mol. The highest BCUT2D eigenvalue weighted by atomic mass is 16.2. The molecule has 30 heavy (non-hydrogen) atoms. The number of aryl methyl sites for hydroxylation is 2. The topological polar surface area (TPSA) is 96.3 Å². The third-order valence-corrected chi connectivity index (χ3v) is 5.93. The lowest BCUT2D eigenvalue weighted by Crippen LogP contribution is -2.48. The molecule has 4 rings (SSSR count). The number of nitrogens with zero attached hydrogens (tertiary/aromatic N) is 3. The molecule has 158 valence electrons. The van der Waals surface area contributed by atoms with Gasteiger partial charge in [-0.3, -0.25) is 14.5 Å². The van der Waals surface area contributed by atoms with Crippen molar-refractivity contribution in [2.45, 2.75) is 57.9 Å². The molecule has 1 aromatic heterocycles. The molecule has 0 bridgehead atoms. The Hall–Kier alpha value is -3.16. The molecule has 1 aromatic carbocycles. The van der Waals surface area contributed by atoms with Crippen LogP contribution in [-0.2, 0) is 9.59 Å². The normalized spacial score (nSPS) is 18.0. The number of amides is 4. The van der Waals surface area contributed by atoms with Gasteiger partial charge in [-0.2, -0.15) is 5.10 Å². The van der Waals surface area contributed by atoms with Gasteiger partial charge in [-0.15, -0.1) is 0 Å². The standard InChI is InChI=1S/C22H27N5O3/c1-15-14-16(2)27(25-15)18-9-5-4-8-17(18)23-19(28)10-13-26-20(29)22(24-21(26)30)11-6-3-7-12-22/h4-5,8-9,14H,3,6-7,10-13H2,1-2H3,(H,23,28)(H,24,30). The maximum absolute atomic E-state index is 12.8. The van der Waals surface area contributed by atoms with Crippen LogP contribution in [0.4, 0.5) is 10.5 Å². The van der Waals surface area contributed by atoms with Gasteiger partial charge in [0.2, 0.25) is 5.91 Å². The molecule has 8 heteroatoms. The molecule has 0 atom stereocenters. The molecule has 1 aliphatic heterocycles. The van der Waals surface area contributed by atoms with Crippen LogP contribution in [0, 0.1) is 13.8 Å². The fourth-order valence-electron chi connectivity index (χ4n) is 4.44. The summed E-state index contributed by atoms with van der Waals surface area (Å²) in [4.78, 5) is 39.0. The highest BCUT2D eigenvalue weighted by molar-refractivity contribution is 6.07. The maximum atomic E-state index is 12.8. The number of nitrogens with one attached hydrogen (secondary N) is 2. The van der Waals surface area contributed by atoms with Gasteiger partial charge < -0.3 is 10.6 Å². The van der Waals surface area contributed by atoms with Crippen LogP contribution < -0.4 is 10.6 Å². The zero-order valence-corrected chi connectivity index (χ0v) is 17.4. The number of imide groups is 1. The van der Waals surface area contributed by atoms with E-state index in [1.54, 1.807) is 4.68 Å². The zero-order valence-electron chi connectivity index (χ0n) is 17.4. The molecule has 8 nitrogen and oxygen atoms in total. The van der Waals surface area contributed by atoms with Crippen molar-refractivity contribution >= 4 is 23.5 Å². The largest absolute Gasteiger partial charge is 0.325 e. The summed E-state index contributed by atoms with van der Waals surface area (Å²) in [7, 11) is 0. The molecule has 0 radical (unpaired) electrons. The molecule has 1 aliphatic carbocycles. The minimum atomic E-state index is -0.756. The van der Waals surface area contributed by atoms with Crippen molar-refractivity contribution in [3.63, 3.8) is 0 Å². The van der Waals surface area contributed by atoms with Crippen molar-refractivity contribution in [3.8, 4) is 5.69 Å². The first-order chi connectivity index (χ1) is 14.4. The second-order valence-corrected chi connectivity index (χ2v) is 8.18. The van der Waals surface area contributed by atoms with Gasteiger partial charge in [0, 0.05) is 18.7 Å². The zero-order chi connectivity index (χ0) is 21.3. The lowest BCUT2D eigenvalue weighted by molar-refractivity contribution is -0.132. The van der Waals surface area contributed by atoms with E-state index >= 15 is 0 Å². The number of anilines is 1.